The molecule has 2 atom stereocenters. The Balaban J connectivity index is 0.00000128. The normalized spacial score (nSPS) is 28.6. The van der Waals surface area contributed by atoms with Crippen molar-refractivity contribution in [1.29, 1.82) is 0 Å². The summed E-state index contributed by atoms with van der Waals surface area (Å²) in [5.74, 6) is 0.842. The molecule has 1 fully saturated rings. The highest BCUT2D eigenvalue weighted by Crippen LogP contribution is 2.31. The summed E-state index contributed by atoms with van der Waals surface area (Å²) in [6.07, 6.45) is 0.494. The molecule has 0 saturated carbocycles. The fraction of sp³-hybridized carbons (Fsp3) is 0.500. The number of aliphatic hydroxyl groups excluding tert-OH is 1. The summed E-state index contributed by atoms with van der Waals surface area (Å²) in [4.78, 5) is 0. The monoisotopic (exact) mass is 243 g/mol. The lowest BCUT2D eigenvalue weighted by Crippen LogP contribution is -2.41. The molecule has 1 aromatic rings. The van der Waals surface area contributed by atoms with Crippen molar-refractivity contribution in [3.8, 4) is 5.75 Å². The molecule has 16 heavy (non-hydrogen) atoms. The van der Waals surface area contributed by atoms with Crippen molar-refractivity contribution in [3.05, 3.63) is 29.8 Å². The lowest BCUT2D eigenvalue weighted by Gasteiger charge is -2.29. The molecule has 2 N–H and O–H groups in total. The number of halogens is 1. The van der Waals surface area contributed by atoms with Crippen LogP contribution in [0, 0.1) is 0 Å². The third-order valence-electron chi connectivity index (χ3n) is 3.27. The highest BCUT2D eigenvalue weighted by Gasteiger charge is 2.38. The van der Waals surface area contributed by atoms with E-state index >= 15 is 0 Å². The molecule has 0 aliphatic carbocycles. The van der Waals surface area contributed by atoms with Crippen LogP contribution in [0.5, 0.6) is 5.75 Å². The Kier molecular flexibility index (Phi) is 4.19. The molecule has 0 bridgehead atoms. The van der Waals surface area contributed by atoms with Gasteiger partial charge in [-0.3, -0.25) is 0 Å². The molecule has 3 nitrogen and oxygen atoms in total. The molecule has 1 aromatic carbocycles. The van der Waals surface area contributed by atoms with Crippen LogP contribution >= 0.6 is 12.4 Å². The summed E-state index contributed by atoms with van der Waals surface area (Å²) >= 11 is 0. The first-order valence-corrected chi connectivity index (χ1v) is 5.24. The number of ether oxygens (including phenoxy) is 1. The lowest BCUT2D eigenvalue weighted by atomic mass is 9.88. The number of benzene rings is 1. The highest BCUT2D eigenvalue weighted by molar-refractivity contribution is 5.85. The Hall–Kier alpha value is -0.770. The summed E-state index contributed by atoms with van der Waals surface area (Å²) in [5.41, 5.74) is 0.792. The van der Waals surface area contributed by atoms with E-state index in [9.17, 15) is 5.11 Å². The first-order valence-electron chi connectivity index (χ1n) is 5.24. The van der Waals surface area contributed by atoms with Gasteiger partial charge in [-0.1, -0.05) is 12.1 Å². The summed E-state index contributed by atoms with van der Waals surface area (Å²) < 4.78 is 5.11. The predicted octanol–water partition coefficient (Wildman–Crippen LogP) is 1.69. The van der Waals surface area contributed by atoms with E-state index in [0.717, 1.165) is 24.3 Å². The van der Waals surface area contributed by atoms with Crippen molar-refractivity contribution in [2.45, 2.75) is 25.0 Å². The van der Waals surface area contributed by atoms with Crippen molar-refractivity contribution in [2.24, 2.45) is 0 Å². The van der Waals surface area contributed by atoms with Crippen molar-refractivity contribution < 1.29 is 9.84 Å². The summed E-state index contributed by atoms with van der Waals surface area (Å²) in [6.45, 7) is 2.90. The second-order valence-corrected chi connectivity index (χ2v) is 4.16. The Bertz CT molecular complexity index is 341. The molecule has 1 aliphatic rings. The SMILES string of the molecule is COc1ccc(C2(C)NCCC2O)cc1.Cl. The fourth-order valence-corrected chi connectivity index (χ4v) is 2.11. The van der Waals surface area contributed by atoms with E-state index in [0.29, 0.717) is 0 Å². The van der Waals surface area contributed by atoms with Crippen LogP contribution in [0.3, 0.4) is 0 Å². The number of hydrogen-bond acceptors (Lipinski definition) is 3. The van der Waals surface area contributed by atoms with Crippen LogP contribution in [0.25, 0.3) is 0 Å². The Labute approximate surface area is 102 Å². The zero-order chi connectivity index (χ0) is 10.9. The molecule has 1 saturated heterocycles. The van der Waals surface area contributed by atoms with Crippen LogP contribution < -0.4 is 10.1 Å². The van der Waals surface area contributed by atoms with Crippen LogP contribution in [-0.4, -0.2) is 24.9 Å². The summed E-state index contributed by atoms with van der Waals surface area (Å²) in [6, 6.07) is 7.85. The molecule has 1 aliphatic heterocycles. The van der Waals surface area contributed by atoms with E-state index in [1.807, 2.05) is 31.2 Å². The maximum atomic E-state index is 9.93. The van der Waals surface area contributed by atoms with Crippen LogP contribution in [0.15, 0.2) is 24.3 Å². The molecule has 4 heteroatoms. The van der Waals surface area contributed by atoms with Crippen LogP contribution in [0.1, 0.15) is 18.9 Å². The van der Waals surface area contributed by atoms with Gasteiger partial charge in [-0.25, -0.2) is 0 Å². The largest absolute Gasteiger partial charge is 0.497 e. The van der Waals surface area contributed by atoms with Crippen LogP contribution in [-0.2, 0) is 5.54 Å². The van der Waals surface area contributed by atoms with Crippen molar-refractivity contribution >= 4 is 12.4 Å². The first kappa shape index (κ1) is 13.3. The van der Waals surface area contributed by atoms with E-state index < -0.39 is 0 Å². The van der Waals surface area contributed by atoms with E-state index in [1.165, 1.54) is 0 Å². The molecule has 2 unspecified atom stereocenters. The summed E-state index contributed by atoms with van der Waals surface area (Å²) in [7, 11) is 1.65. The van der Waals surface area contributed by atoms with Gasteiger partial charge in [0, 0.05) is 0 Å². The fourth-order valence-electron chi connectivity index (χ4n) is 2.11. The number of rotatable bonds is 2. The van der Waals surface area contributed by atoms with Gasteiger partial charge in [0.25, 0.3) is 0 Å². The number of aliphatic hydroxyl groups is 1. The van der Waals surface area contributed by atoms with E-state index in [4.69, 9.17) is 4.74 Å². The zero-order valence-corrected chi connectivity index (χ0v) is 10.4. The number of methoxy groups -OCH3 is 1. The smallest absolute Gasteiger partial charge is 0.118 e. The van der Waals surface area contributed by atoms with Crippen molar-refractivity contribution in [3.63, 3.8) is 0 Å². The van der Waals surface area contributed by atoms with Crippen LogP contribution in [0.4, 0.5) is 0 Å². The predicted molar refractivity (Wildman–Crippen MR) is 66.2 cm³/mol. The highest BCUT2D eigenvalue weighted by atomic mass is 35.5. The molecule has 0 spiro atoms. The Morgan fingerprint density at radius 1 is 1.38 bits per heavy atom. The maximum Gasteiger partial charge on any atom is 0.118 e. The topological polar surface area (TPSA) is 41.5 Å². The molecule has 2 rings (SSSR count). The molecule has 1 heterocycles. The second kappa shape index (κ2) is 5.04. The van der Waals surface area contributed by atoms with Gasteiger partial charge in [-0.2, -0.15) is 0 Å². The van der Waals surface area contributed by atoms with Crippen LogP contribution in [0.2, 0.25) is 0 Å². The number of nitrogens with one attached hydrogen (secondary N) is 1. The zero-order valence-electron chi connectivity index (χ0n) is 9.56. The Morgan fingerprint density at radius 2 is 2.00 bits per heavy atom. The van der Waals surface area contributed by atoms with Gasteiger partial charge in [0.2, 0.25) is 0 Å². The van der Waals surface area contributed by atoms with Crippen molar-refractivity contribution in [1.82, 2.24) is 5.32 Å². The van der Waals surface area contributed by atoms with Gasteiger partial charge >= 0.3 is 0 Å². The van der Waals surface area contributed by atoms with Gasteiger partial charge in [0.15, 0.2) is 0 Å². The molecular weight excluding hydrogens is 226 g/mol. The third kappa shape index (κ3) is 2.17. The average Bonchev–Trinajstić information content (AvgIpc) is 2.61. The Morgan fingerprint density at radius 3 is 2.44 bits per heavy atom. The van der Waals surface area contributed by atoms with Gasteiger partial charge in [0.05, 0.1) is 18.8 Å². The first-order chi connectivity index (χ1) is 7.16. The third-order valence-corrected chi connectivity index (χ3v) is 3.27. The molecule has 0 radical (unpaired) electrons. The minimum absolute atomic E-state index is 0. The average molecular weight is 244 g/mol. The van der Waals surface area contributed by atoms with E-state index in [2.05, 4.69) is 5.32 Å². The molecule has 0 aromatic heterocycles. The van der Waals surface area contributed by atoms with Gasteiger partial charge < -0.3 is 15.2 Å². The van der Waals surface area contributed by atoms with Crippen molar-refractivity contribution in [2.75, 3.05) is 13.7 Å². The minimum atomic E-state index is -0.314. The van der Waals surface area contributed by atoms with Gasteiger partial charge in [0.1, 0.15) is 5.75 Å². The van der Waals surface area contributed by atoms with E-state index in [1.54, 1.807) is 7.11 Å². The minimum Gasteiger partial charge on any atom is -0.497 e. The second-order valence-electron chi connectivity index (χ2n) is 4.16. The molecule has 90 valence electrons. The van der Waals surface area contributed by atoms with E-state index in [-0.39, 0.29) is 24.0 Å². The standard InChI is InChI=1S/C12H17NO2.ClH/c1-12(11(14)7-8-13-12)9-3-5-10(15-2)6-4-9;/h3-6,11,13-14H,7-8H2,1-2H3;1H. The lowest BCUT2D eigenvalue weighted by molar-refractivity contribution is 0.107. The van der Waals surface area contributed by atoms with Gasteiger partial charge in [-0.05, 0) is 37.6 Å². The molecular formula is C12H18ClNO2. The quantitative estimate of drug-likeness (QED) is 0.831. The van der Waals surface area contributed by atoms with Gasteiger partial charge in [-0.15, -0.1) is 12.4 Å². The number of hydrogen-bond donors (Lipinski definition) is 2. The summed E-state index contributed by atoms with van der Waals surface area (Å²) in [5, 5.41) is 13.3. The maximum absolute atomic E-state index is 9.93. The molecule has 0 amide bonds.